The molecule has 3 atom stereocenters. The van der Waals surface area contributed by atoms with Crippen LogP contribution in [0, 0.1) is 19.3 Å². The predicted molar refractivity (Wildman–Crippen MR) is 318 cm³/mol. The third kappa shape index (κ3) is 16.2. The van der Waals surface area contributed by atoms with Crippen molar-refractivity contribution in [2.45, 2.75) is 162 Å². The van der Waals surface area contributed by atoms with Gasteiger partial charge in [-0.05, 0) is 93.2 Å². The normalized spacial score (nSPS) is 19.1. The van der Waals surface area contributed by atoms with Gasteiger partial charge in [-0.15, -0.1) is 11.3 Å². The van der Waals surface area contributed by atoms with Crippen LogP contribution in [0.1, 0.15) is 134 Å². The molecule has 0 bridgehead atoms. The molecule has 1 aliphatic carbocycles. The molecule has 438 valence electrons. The largest absolute Gasteiger partial charge is 0.494 e. The zero-order chi connectivity index (χ0) is 57.6. The number of likely N-dealkylation sites (tertiary alicyclic amines) is 1. The van der Waals surface area contributed by atoms with Crippen LogP contribution >= 0.6 is 11.3 Å². The van der Waals surface area contributed by atoms with Crippen molar-refractivity contribution >= 4 is 63.3 Å². The molecule has 3 fully saturated rings. The van der Waals surface area contributed by atoms with Crippen molar-refractivity contribution in [3.63, 3.8) is 0 Å². The number of rotatable bonds is 25. The number of aliphatic hydroxyl groups is 1. The number of β-amino-alcohol motifs (C(OH)–C–C–N with tert-alkyl or cyclic N) is 1. The summed E-state index contributed by atoms with van der Waals surface area (Å²) in [7, 11) is 1.66. The number of unbranched alkanes of at least 4 members (excludes halogenated alkanes) is 5. The molecule has 1 saturated carbocycles. The number of aromatic nitrogens is 4. The van der Waals surface area contributed by atoms with Gasteiger partial charge < -0.3 is 45.6 Å². The molecule has 5 heterocycles. The third-order valence-corrected chi connectivity index (χ3v) is 17.1. The molecule has 4 amide bonds. The van der Waals surface area contributed by atoms with Crippen molar-refractivity contribution in [1.82, 2.24) is 45.3 Å². The van der Waals surface area contributed by atoms with Gasteiger partial charge in [-0.3, -0.25) is 33.4 Å². The lowest BCUT2D eigenvalue weighted by Gasteiger charge is -2.36. The molecule has 3 aromatic heterocycles. The number of nitrogens with zero attached hydrogens (tertiary/aromatic N) is 7. The minimum absolute atomic E-state index is 0.0179. The summed E-state index contributed by atoms with van der Waals surface area (Å²) in [4.78, 5) is 87.5. The van der Waals surface area contributed by atoms with E-state index in [1.165, 1.54) is 11.3 Å². The molecule has 5 N–H and O–H groups in total. The second-order valence-electron chi connectivity index (χ2n) is 23.2. The topological polar surface area (TPSA) is 225 Å². The Labute approximate surface area is 481 Å². The predicted octanol–water partition coefficient (Wildman–Crippen LogP) is 7.97. The first kappa shape index (κ1) is 60.6. The van der Waals surface area contributed by atoms with E-state index in [0.29, 0.717) is 30.4 Å². The van der Waals surface area contributed by atoms with Crippen molar-refractivity contribution in [3.8, 4) is 16.2 Å². The number of hydrogen-bond acceptors (Lipinski definition) is 15. The fourth-order valence-corrected chi connectivity index (χ4v) is 12.2. The summed E-state index contributed by atoms with van der Waals surface area (Å²) in [6, 6.07) is 14.1. The molecule has 3 unspecified atom stereocenters. The minimum Gasteiger partial charge on any atom is -0.494 e. The highest BCUT2D eigenvalue weighted by Crippen LogP contribution is 2.35. The molecule has 3 aliphatic rings. The fourth-order valence-electron chi connectivity index (χ4n) is 11.3. The maximum Gasteiger partial charge on any atom is 0.252 e. The summed E-state index contributed by atoms with van der Waals surface area (Å²) < 4.78 is 13.5. The van der Waals surface area contributed by atoms with E-state index in [9.17, 15) is 29.1 Å². The number of carbonyl (C=O) groups excluding carboxylic acids is 4. The number of hydrogen-bond donors (Lipinski definition) is 5. The Bertz CT molecular complexity index is 2980. The van der Waals surface area contributed by atoms with Crippen molar-refractivity contribution in [2.24, 2.45) is 5.41 Å². The van der Waals surface area contributed by atoms with Crippen LogP contribution in [0.3, 0.4) is 0 Å². The highest BCUT2D eigenvalue weighted by Gasteiger charge is 2.44. The molecule has 5 aromatic rings. The lowest BCUT2D eigenvalue weighted by Crippen LogP contribution is -2.57. The Morgan fingerprint density at radius 1 is 0.877 bits per heavy atom. The highest BCUT2D eigenvalue weighted by atomic mass is 32.1. The monoisotopic (exact) mass is 1130 g/mol. The average molecular weight is 1130 g/mol. The van der Waals surface area contributed by atoms with Gasteiger partial charge in [-0.1, -0.05) is 77.6 Å². The number of aryl methyl sites for hydroxylation is 2. The summed E-state index contributed by atoms with van der Waals surface area (Å²) in [6.07, 6.45) is 11.4. The van der Waals surface area contributed by atoms with E-state index in [2.05, 4.69) is 53.2 Å². The number of amides is 4. The van der Waals surface area contributed by atoms with Gasteiger partial charge in [0, 0.05) is 107 Å². The zero-order valence-electron chi connectivity index (χ0n) is 48.6. The summed E-state index contributed by atoms with van der Waals surface area (Å²) in [6.45, 7) is 17.4. The lowest BCUT2D eigenvalue weighted by atomic mass is 9.85. The number of anilines is 3. The Morgan fingerprint density at radius 3 is 2.30 bits per heavy atom. The van der Waals surface area contributed by atoms with E-state index in [1.807, 2.05) is 82.0 Å². The number of benzene rings is 2. The SMILES string of the molecule is CCC(=O)NC1CCC(n2c(=O)cc(C)c3cnc(Nc4ccc(N5CCN(CCCCCCCCOCCC(=O)NC(C(=O)N6CC(O)CC6C(=O)NCc6ccc(-c7scnc7C)cc6)C(C)(C)C)CC5)cc4OC)nc32)CC1. The number of ether oxygens (including phenoxy) is 2. The molecule has 8 rings (SSSR count). The van der Waals surface area contributed by atoms with Crippen molar-refractivity contribution < 1.29 is 33.8 Å². The van der Waals surface area contributed by atoms with Crippen LogP contribution in [0.15, 0.2) is 65.0 Å². The first-order valence-corrected chi connectivity index (χ1v) is 30.1. The Hall–Kier alpha value is -6.48. The van der Waals surface area contributed by atoms with Gasteiger partial charge in [-0.2, -0.15) is 4.98 Å². The Kier molecular flexibility index (Phi) is 21.3. The Morgan fingerprint density at radius 2 is 1.60 bits per heavy atom. The number of fused-ring (bicyclic) bond motifs is 1. The van der Waals surface area contributed by atoms with Crippen molar-refractivity contribution in [2.75, 3.05) is 69.8 Å². The maximum absolute atomic E-state index is 14.0. The number of aliphatic hydroxyl groups excluding tert-OH is 1. The van der Waals surface area contributed by atoms with Gasteiger partial charge in [-0.25, -0.2) is 9.97 Å². The van der Waals surface area contributed by atoms with E-state index in [4.69, 9.17) is 14.5 Å². The molecule has 2 aliphatic heterocycles. The maximum atomic E-state index is 14.0. The number of thiazole rings is 1. The van der Waals surface area contributed by atoms with Crippen LogP contribution in [0.5, 0.6) is 5.75 Å². The number of pyridine rings is 1. The fraction of sp³-hybridized carbons (Fsp3) is 0.574. The second kappa shape index (κ2) is 28.5. The number of carbonyl (C=O) groups is 4. The van der Waals surface area contributed by atoms with Crippen LogP contribution in [0.2, 0.25) is 0 Å². The average Bonchev–Trinajstić information content (AvgIpc) is 4.14. The van der Waals surface area contributed by atoms with Crippen LogP contribution in [-0.4, -0.2) is 142 Å². The molecule has 81 heavy (non-hydrogen) atoms. The Balaban J connectivity index is 0.693. The zero-order valence-corrected chi connectivity index (χ0v) is 49.4. The van der Waals surface area contributed by atoms with Crippen LogP contribution < -0.4 is 36.5 Å². The molecular formula is C61H85N11O8S. The standard InChI is InChI=1S/C61H85N11O8S/c1-8-52(74)65-44-19-21-45(22-20-44)72-54(76)33-40(2)48-37-63-60(68-57(48)72)66-49-24-23-46(34-51(49)79-7)70-29-27-69(28-30-70)26-13-11-9-10-12-14-31-80-32-25-53(75)67-56(61(4,5)6)59(78)71-38-47(73)35-50(71)58(77)62-36-42-15-17-43(18-16-42)55-41(3)64-39-81-55/h15-18,23-24,33-34,37,39,44-45,47,50,56,73H,8-14,19-22,25-32,35-36,38H2,1-7H3,(H,62,77)(H,65,74)(H,67,75)(H,63,66,68). The number of methoxy groups -OCH3 is 1. The quantitative estimate of drug-likeness (QED) is 0.0350. The van der Waals surface area contributed by atoms with Crippen LogP contribution in [0.25, 0.3) is 21.5 Å². The van der Waals surface area contributed by atoms with Gasteiger partial charge in [0.2, 0.25) is 29.6 Å². The van der Waals surface area contributed by atoms with Gasteiger partial charge in [0.1, 0.15) is 23.5 Å². The summed E-state index contributed by atoms with van der Waals surface area (Å²) in [5.41, 5.74) is 7.31. The summed E-state index contributed by atoms with van der Waals surface area (Å²) in [5.74, 6) is 0.0978. The molecule has 20 heteroatoms. The van der Waals surface area contributed by atoms with Crippen LogP contribution in [0.4, 0.5) is 17.3 Å². The van der Waals surface area contributed by atoms with Crippen LogP contribution in [-0.2, 0) is 30.5 Å². The molecule has 2 aromatic carbocycles. The second-order valence-corrected chi connectivity index (χ2v) is 24.0. The number of piperazine rings is 1. The minimum atomic E-state index is -0.891. The van der Waals surface area contributed by atoms with E-state index in [-0.39, 0.29) is 73.8 Å². The molecule has 0 radical (unpaired) electrons. The van der Waals surface area contributed by atoms with Gasteiger partial charge in [0.05, 0.1) is 41.6 Å². The van der Waals surface area contributed by atoms with Gasteiger partial charge >= 0.3 is 0 Å². The molecule has 2 saturated heterocycles. The smallest absolute Gasteiger partial charge is 0.252 e. The molecular weight excluding hydrogens is 1050 g/mol. The van der Waals surface area contributed by atoms with E-state index < -0.39 is 23.6 Å². The van der Waals surface area contributed by atoms with Gasteiger partial charge in [0.25, 0.3) is 5.56 Å². The summed E-state index contributed by atoms with van der Waals surface area (Å²) in [5, 5.41) is 23.8. The first-order chi connectivity index (χ1) is 39.0. The lowest BCUT2D eigenvalue weighted by molar-refractivity contribution is -0.144. The summed E-state index contributed by atoms with van der Waals surface area (Å²) >= 11 is 1.58. The first-order valence-electron chi connectivity index (χ1n) is 29.2. The van der Waals surface area contributed by atoms with Crippen molar-refractivity contribution in [1.29, 1.82) is 0 Å². The third-order valence-electron chi connectivity index (χ3n) is 16.1. The van der Waals surface area contributed by atoms with Crippen molar-refractivity contribution in [3.05, 3.63) is 87.4 Å². The van der Waals surface area contributed by atoms with E-state index in [0.717, 1.165) is 135 Å². The molecule has 19 nitrogen and oxygen atoms in total. The highest BCUT2D eigenvalue weighted by molar-refractivity contribution is 7.13. The van der Waals surface area contributed by atoms with Gasteiger partial charge in [0.15, 0.2) is 0 Å². The van der Waals surface area contributed by atoms with E-state index >= 15 is 0 Å². The number of nitrogens with one attached hydrogen (secondary N) is 4. The van der Waals surface area contributed by atoms with E-state index in [1.54, 1.807) is 30.7 Å². The molecule has 0 spiro atoms.